The van der Waals surface area contributed by atoms with Gasteiger partial charge in [-0.15, -0.1) is 12.4 Å². The van der Waals surface area contributed by atoms with Crippen LogP contribution in [-0.2, 0) is 6.42 Å². The van der Waals surface area contributed by atoms with Crippen molar-refractivity contribution in [3.8, 4) is 5.75 Å². The van der Waals surface area contributed by atoms with E-state index in [1.807, 2.05) is 13.1 Å². The number of aromatic nitrogens is 1. The molecule has 2 rings (SSSR count). The third-order valence-electron chi connectivity index (χ3n) is 2.95. The first-order chi connectivity index (χ1) is 7.76. The van der Waals surface area contributed by atoms with E-state index in [2.05, 4.69) is 29.4 Å². The summed E-state index contributed by atoms with van der Waals surface area (Å²) in [5.74, 6) is 0.914. The SMILES string of the molecule is CNCCc1c(C)[nH]c2ccc(OC)cc12.Cl. The van der Waals surface area contributed by atoms with Crippen LogP contribution in [0.15, 0.2) is 18.2 Å². The molecule has 2 aromatic rings. The lowest BCUT2D eigenvalue weighted by molar-refractivity contribution is 0.415. The summed E-state index contributed by atoms with van der Waals surface area (Å²) in [6, 6.07) is 6.16. The van der Waals surface area contributed by atoms with Crippen LogP contribution in [0, 0.1) is 6.92 Å². The van der Waals surface area contributed by atoms with E-state index in [0.717, 1.165) is 18.7 Å². The predicted molar refractivity (Wildman–Crippen MR) is 74.5 cm³/mol. The Labute approximate surface area is 108 Å². The van der Waals surface area contributed by atoms with Crippen LogP contribution < -0.4 is 10.1 Å². The average Bonchev–Trinajstić information content (AvgIpc) is 2.61. The zero-order chi connectivity index (χ0) is 11.5. The Bertz CT molecular complexity index is 493. The normalized spacial score (nSPS) is 10.3. The number of rotatable bonds is 4. The Balaban J connectivity index is 0.00000144. The highest BCUT2D eigenvalue weighted by molar-refractivity contribution is 5.86. The van der Waals surface area contributed by atoms with Gasteiger partial charge in [0.05, 0.1) is 7.11 Å². The molecular formula is C13H19ClN2O. The molecule has 0 fully saturated rings. The van der Waals surface area contributed by atoms with Gasteiger partial charge in [-0.1, -0.05) is 0 Å². The molecule has 0 spiro atoms. The maximum Gasteiger partial charge on any atom is 0.119 e. The molecule has 1 aromatic carbocycles. The molecule has 0 aliphatic rings. The van der Waals surface area contributed by atoms with Crippen molar-refractivity contribution < 1.29 is 4.74 Å². The summed E-state index contributed by atoms with van der Waals surface area (Å²) in [4.78, 5) is 3.40. The van der Waals surface area contributed by atoms with Gasteiger partial charge in [-0.25, -0.2) is 0 Å². The molecule has 0 aliphatic heterocycles. The van der Waals surface area contributed by atoms with E-state index in [0.29, 0.717) is 0 Å². The molecule has 94 valence electrons. The number of fused-ring (bicyclic) bond motifs is 1. The molecule has 17 heavy (non-hydrogen) atoms. The van der Waals surface area contributed by atoms with Crippen LogP contribution >= 0.6 is 12.4 Å². The minimum atomic E-state index is 0. The third-order valence-corrected chi connectivity index (χ3v) is 2.95. The molecule has 0 radical (unpaired) electrons. The maximum atomic E-state index is 5.26. The summed E-state index contributed by atoms with van der Waals surface area (Å²) in [6.45, 7) is 3.11. The van der Waals surface area contributed by atoms with Crippen LogP contribution in [0.3, 0.4) is 0 Å². The van der Waals surface area contributed by atoms with Crippen LogP contribution in [0.5, 0.6) is 5.75 Å². The van der Waals surface area contributed by atoms with Gasteiger partial charge in [0.25, 0.3) is 0 Å². The summed E-state index contributed by atoms with van der Waals surface area (Å²) in [7, 11) is 3.68. The molecule has 0 amide bonds. The Morgan fingerprint density at radius 1 is 1.35 bits per heavy atom. The highest BCUT2D eigenvalue weighted by Gasteiger charge is 2.08. The van der Waals surface area contributed by atoms with E-state index in [-0.39, 0.29) is 12.4 Å². The van der Waals surface area contributed by atoms with Crippen molar-refractivity contribution in [2.45, 2.75) is 13.3 Å². The number of benzene rings is 1. The molecule has 0 unspecified atom stereocenters. The highest BCUT2D eigenvalue weighted by Crippen LogP contribution is 2.26. The fourth-order valence-electron chi connectivity index (χ4n) is 2.06. The average molecular weight is 255 g/mol. The van der Waals surface area contributed by atoms with E-state index in [9.17, 15) is 0 Å². The third kappa shape index (κ3) is 2.73. The van der Waals surface area contributed by atoms with Gasteiger partial charge < -0.3 is 15.0 Å². The highest BCUT2D eigenvalue weighted by atomic mass is 35.5. The fraction of sp³-hybridized carbons (Fsp3) is 0.385. The van der Waals surface area contributed by atoms with Gasteiger partial charge in [0.15, 0.2) is 0 Å². The number of aromatic amines is 1. The fourth-order valence-corrected chi connectivity index (χ4v) is 2.06. The smallest absolute Gasteiger partial charge is 0.119 e. The molecule has 4 heteroatoms. The van der Waals surface area contributed by atoms with Crippen molar-refractivity contribution >= 4 is 23.3 Å². The number of H-pyrrole nitrogens is 1. The quantitative estimate of drug-likeness (QED) is 0.880. The van der Waals surface area contributed by atoms with Crippen LogP contribution in [0.1, 0.15) is 11.3 Å². The molecule has 1 aromatic heterocycles. The zero-order valence-corrected chi connectivity index (χ0v) is 11.3. The van der Waals surface area contributed by atoms with E-state index in [4.69, 9.17) is 4.74 Å². The van der Waals surface area contributed by atoms with Crippen molar-refractivity contribution in [2.24, 2.45) is 0 Å². The van der Waals surface area contributed by atoms with Crippen molar-refractivity contribution in [1.82, 2.24) is 10.3 Å². The summed E-state index contributed by atoms with van der Waals surface area (Å²) in [6.07, 6.45) is 1.04. The molecule has 0 saturated heterocycles. The first-order valence-electron chi connectivity index (χ1n) is 5.56. The first-order valence-corrected chi connectivity index (χ1v) is 5.56. The van der Waals surface area contributed by atoms with Crippen LogP contribution in [0.4, 0.5) is 0 Å². The number of likely N-dealkylation sites (N-methyl/N-ethyl adjacent to an activating group) is 1. The summed E-state index contributed by atoms with van der Waals surface area (Å²) >= 11 is 0. The van der Waals surface area contributed by atoms with E-state index in [1.54, 1.807) is 7.11 Å². The van der Waals surface area contributed by atoms with Gasteiger partial charge in [-0.2, -0.15) is 0 Å². The summed E-state index contributed by atoms with van der Waals surface area (Å²) in [5.41, 5.74) is 3.81. The minimum Gasteiger partial charge on any atom is -0.497 e. The number of aryl methyl sites for hydroxylation is 1. The summed E-state index contributed by atoms with van der Waals surface area (Å²) < 4.78 is 5.26. The van der Waals surface area contributed by atoms with Gasteiger partial charge in [0.1, 0.15) is 5.75 Å². The second kappa shape index (κ2) is 5.94. The molecule has 2 N–H and O–H groups in total. The zero-order valence-electron chi connectivity index (χ0n) is 10.5. The topological polar surface area (TPSA) is 37.0 Å². The van der Waals surface area contributed by atoms with Gasteiger partial charge in [-0.05, 0) is 50.7 Å². The van der Waals surface area contributed by atoms with Crippen molar-refractivity contribution in [3.63, 3.8) is 0 Å². The largest absolute Gasteiger partial charge is 0.497 e. The molecule has 0 saturated carbocycles. The van der Waals surface area contributed by atoms with Crippen LogP contribution in [0.2, 0.25) is 0 Å². The van der Waals surface area contributed by atoms with Crippen LogP contribution in [0.25, 0.3) is 10.9 Å². The Morgan fingerprint density at radius 3 is 2.76 bits per heavy atom. The Kier molecular flexibility index (Phi) is 4.85. The minimum absolute atomic E-state index is 0. The van der Waals surface area contributed by atoms with Crippen molar-refractivity contribution in [1.29, 1.82) is 0 Å². The Hall–Kier alpha value is -1.19. The molecular weight excluding hydrogens is 236 g/mol. The lowest BCUT2D eigenvalue weighted by atomic mass is 10.1. The molecule has 0 atom stereocenters. The standard InChI is InChI=1S/C13H18N2O.ClH/c1-9-11(6-7-14-2)12-8-10(16-3)4-5-13(12)15-9;/h4-5,8,14-15H,6-7H2,1-3H3;1H. The lowest BCUT2D eigenvalue weighted by Gasteiger charge is -2.02. The van der Waals surface area contributed by atoms with Gasteiger partial charge in [0.2, 0.25) is 0 Å². The molecule has 0 bridgehead atoms. The van der Waals surface area contributed by atoms with Gasteiger partial charge >= 0.3 is 0 Å². The Morgan fingerprint density at radius 2 is 2.12 bits per heavy atom. The second-order valence-electron chi connectivity index (χ2n) is 3.99. The summed E-state index contributed by atoms with van der Waals surface area (Å²) in [5, 5.41) is 4.45. The van der Waals surface area contributed by atoms with Gasteiger partial charge in [0, 0.05) is 16.6 Å². The molecule has 0 aliphatic carbocycles. The number of halogens is 1. The van der Waals surface area contributed by atoms with E-state index in [1.165, 1.54) is 22.2 Å². The number of hydrogen-bond acceptors (Lipinski definition) is 2. The van der Waals surface area contributed by atoms with Gasteiger partial charge in [-0.3, -0.25) is 0 Å². The number of nitrogens with one attached hydrogen (secondary N) is 2. The molecule has 1 heterocycles. The van der Waals surface area contributed by atoms with Crippen molar-refractivity contribution in [2.75, 3.05) is 20.7 Å². The number of hydrogen-bond donors (Lipinski definition) is 2. The predicted octanol–water partition coefficient (Wildman–Crippen LogP) is 2.67. The molecule has 3 nitrogen and oxygen atoms in total. The monoisotopic (exact) mass is 254 g/mol. The number of methoxy groups -OCH3 is 1. The van der Waals surface area contributed by atoms with E-state index < -0.39 is 0 Å². The second-order valence-corrected chi connectivity index (χ2v) is 3.99. The lowest BCUT2D eigenvalue weighted by Crippen LogP contribution is -2.10. The van der Waals surface area contributed by atoms with Crippen LogP contribution in [-0.4, -0.2) is 25.7 Å². The van der Waals surface area contributed by atoms with E-state index >= 15 is 0 Å². The van der Waals surface area contributed by atoms with Crippen molar-refractivity contribution in [3.05, 3.63) is 29.5 Å². The number of ether oxygens (including phenoxy) is 1. The maximum absolute atomic E-state index is 5.26. The first kappa shape index (κ1) is 13.9.